The number of rotatable bonds is 7. The van der Waals surface area contributed by atoms with E-state index in [1.165, 1.54) is 0 Å². The van der Waals surface area contributed by atoms with Crippen molar-refractivity contribution in [3.8, 4) is 0 Å². The van der Waals surface area contributed by atoms with Gasteiger partial charge in [-0.25, -0.2) is 0 Å². The maximum atomic E-state index is 11.3. The number of amides is 3. The summed E-state index contributed by atoms with van der Waals surface area (Å²) in [5.74, 6) is -0.769. The van der Waals surface area contributed by atoms with E-state index in [1.54, 1.807) is 0 Å². The van der Waals surface area contributed by atoms with Crippen LogP contribution in [0.15, 0.2) is 0 Å². The largest absolute Gasteiger partial charge is 0.356 e. The normalized spacial score (nSPS) is 20.2. The van der Waals surface area contributed by atoms with Gasteiger partial charge in [-0.3, -0.25) is 14.4 Å². The first-order valence-corrected chi connectivity index (χ1v) is 5.36. The van der Waals surface area contributed by atoms with Crippen LogP contribution in [0.3, 0.4) is 0 Å². The van der Waals surface area contributed by atoms with Gasteiger partial charge in [0.2, 0.25) is 18.2 Å². The maximum Gasteiger partial charge on any atom is 0.239 e. The molecule has 1 rings (SSSR count). The van der Waals surface area contributed by atoms with Crippen LogP contribution >= 0.6 is 0 Å². The number of hydrogen-bond donors (Lipinski definition) is 3. The molecule has 3 amide bonds. The van der Waals surface area contributed by atoms with Crippen molar-refractivity contribution in [2.45, 2.75) is 18.9 Å². The number of nitrogens with one attached hydrogen (secondary N) is 3. The van der Waals surface area contributed by atoms with Gasteiger partial charge in [-0.1, -0.05) is 0 Å². The first kappa shape index (κ1) is 13.1. The lowest BCUT2D eigenvalue weighted by Crippen LogP contribution is -2.42. The van der Waals surface area contributed by atoms with Crippen LogP contribution in [0, 0.1) is 5.92 Å². The van der Waals surface area contributed by atoms with Crippen molar-refractivity contribution in [3.05, 3.63) is 0 Å². The Morgan fingerprint density at radius 2 is 2.29 bits per heavy atom. The Hall–Kier alpha value is -1.92. The highest BCUT2D eigenvalue weighted by molar-refractivity contribution is 5.84. The predicted molar refractivity (Wildman–Crippen MR) is 57.8 cm³/mol. The maximum absolute atomic E-state index is 11.3. The van der Waals surface area contributed by atoms with E-state index in [0.29, 0.717) is 32.1 Å². The summed E-state index contributed by atoms with van der Waals surface area (Å²) in [6, 6.07) is -0.690. The minimum atomic E-state index is -0.690. The summed E-state index contributed by atoms with van der Waals surface area (Å²) >= 11 is 0. The molecule has 0 saturated carbocycles. The predicted octanol–water partition coefficient (Wildman–Crippen LogP) is -2.06. The summed E-state index contributed by atoms with van der Waals surface area (Å²) in [5, 5.41) is 7.29. The van der Waals surface area contributed by atoms with E-state index < -0.39 is 11.9 Å². The van der Waals surface area contributed by atoms with Crippen molar-refractivity contribution in [1.29, 1.82) is 0 Å². The molecule has 1 saturated heterocycles. The van der Waals surface area contributed by atoms with Crippen LogP contribution in [0.25, 0.3) is 0 Å². The van der Waals surface area contributed by atoms with Crippen LogP contribution in [0.1, 0.15) is 12.8 Å². The molecule has 17 heavy (non-hydrogen) atoms. The van der Waals surface area contributed by atoms with Crippen LogP contribution < -0.4 is 16.0 Å². The van der Waals surface area contributed by atoms with E-state index >= 15 is 0 Å². The van der Waals surface area contributed by atoms with Gasteiger partial charge in [0.15, 0.2) is 0 Å². The van der Waals surface area contributed by atoms with Crippen molar-refractivity contribution in [2.24, 2.45) is 5.92 Å². The number of carbonyl (C=O) groups is 4. The monoisotopic (exact) mass is 241 g/mol. The molecule has 94 valence electrons. The number of aldehydes is 1. The summed E-state index contributed by atoms with van der Waals surface area (Å²) in [7, 11) is 0. The van der Waals surface area contributed by atoms with Gasteiger partial charge in [0.1, 0.15) is 6.29 Å². The Labute approximate surface area is 98.3 Å². The minimum Gasteiger partial charge on any atom is -0.356 e. The quantitative estimate of drug-likeness (QED) is 0.446. The topological polar surface area (TPSA) is 104 Å². The summed E-state index contributed by atoms with van der Waals surface area (Å²) in [4.78, 5) is 43.3. The number of hydrogen-bond acceptors (Lipinski definition) is 4. The molecule has 1 fully saturated rings. The fourth-order valence-corrected chi connectivity index (χ4v) is 1.72. The highest BCUT2D eigenvalue weighted by Gasteiger charge is 2.27. The lowest BCUT2D eigenvalue weighted by atomic mass is 9.99. The van der Waals surface area contributed by atoms with E-state index in [1.807, 2.05) is 0 Å². The molecule has 0 bridgehead atoms. The zero-order valence-electron chi connectivity index (χ0n) is 9.27. The molecule has 1 unspecified atom stereocenters. The highest BCUT2D eigenvalue weighted by atomic mass is 16.2. The Balaban J connectivity index is 2.37. The molecule has 1 heterocycles. The van der Waals surface area contributed by atoms with Gasteiger partial charge >= 0.3 is 0 Å². The fraction of sp³-hybridized carbons (Fsp3) is 0.600. The van der Waals surface area contributed by atoms with Crippen LogP contribution in [0.5, 0.6) is 0 Å². The molecule has 0 spiro atoms. The lowest BCUT2D eigenvalue weighted by Gasteiger charge is -2.15. The van der Waals surface area contributed by atoms with E-state index in [4.69, 9.17) is 0 Å². The Morgan fingerprint density at radius 1 is 1.53 bits per heavy atom. The second-order valence-corrected chi connectivity index (χ2v) is 3.82. The SMILES string of the molecule is O=CNCC(=O)N[C@H](C=O)CC1CCNC1=O. The smallest absolute Gasteiger partial charge is 0.239 e. The molecule has 0 aromatic rings. The summed E-state index contributed by atoms with van der Waals surface area (Å²) in [6.07, 6.45) is 1.97. The average Bonchev–Trinajstić information content (AvgIpc) is 2.71. The third-order valence-electron chi connectivity index (χ3n) is 2.56. The Morgan fingerprint density at radius 3 is 2.82 bits per heavy atom. The molecule has 0 aliphatic carbocycles. The molecular weight excluding hydrogens is 226 g/mol. The fourth-order valence-electron chi connectivity index (χ4n) is 1.72. The summed E-state index contributed by atoms with van der Waals surface area (Å²) < 4.78 is 0. The van der Waals surface area contributed by atoms with Crippen LogP contribution in [0.4, 0.5) is 0 Å². The van der Waals surface area contributed by atoms with Crippen molar-refractivity contribution >= 4 is 24.5 Å². The molecule has 0 aromatic carbocycles. The summed E-state index contributed by atoms with van der Waals surface area (Å²) in [5.41, 5.74) is 0. The van der Waals surface area contributed by atoms with Crippen molar-refractivity contribution in [1.82, 2.24) is 16.0 Å². The van der Waals surface area contributed by atoms with Gasteiger partial charge in [-0.2, -0.15) is 0 Å². The van der Waals surface area contributed by atoms with Crippen molar-refractivity contribution in [2.75, 3.05) is 13.1 Å². The van der Waals surface area contributed by atoms with Gasteiger partial charge in [0, 0.05) is 12.5 Å². The van der Waals surface area contributed by atoms with Gasteiger partial charge in [0.25, 0.3) is 0 Å². The molecular formula is C10H15N3O4. The minimum absolute atomic E-state index is 0.0860. The van der Waals surface area contributed by atoms with E-state index in [2.05, 4.69) is 16.0 Å². The molecule has 0 aromatic heterocycles. The van der Waals surface area contributed by atoms with Crippen molar-refractivity contribution < 1.29 is 19.2 Å². The van der Waals surface area contributed by atoms with E-state index in [0.717, 1.165) is 0 Å². The highest BCUT2D eigenvalue weighted by Crippen LogP contribution is 2.15. The van der Waals surface area contributed by atoms with Crippen LogP contribution in [-0.4, -0.2) is 43.6 Å². The Kier molecular flexibility index (Phi) is 5.12. The van der Waals surface area contributed by atoms with Gasteiger partial charge in [0.05, 0.1) is 12.6 Å². The third-order valence-corrected chi connectivity index (χ3v) is 2.56. The molecule has 1 aliphatic heterocycles. The van der Waals surface area contributed by atoms with Crippen LogP contribution in [0.2, 0.25) is 0 Å². The molecule has 7 nitrogen and oxygen atoms in total. The molecule has 2 atom stereocenters. The standard InChI is InChI=1S/C10H15N3O4/c14-5-8(13-9(16)4-11-6-15)3-7-1-2-12-10(7)17/h5-8H,1-4H2,(H,11,15)(H,12,17)(H,13,16)/t7?,8-/m0/s1. The zero-order chi connectivity index (χ0) is 12.7. The van der Waals surface area contributed by atoms with Crippen molar-refractivity contribution in [3.63, 3.8) is 0 Å². The van der Waals surface area contributed by atoms with Gasteiger partial charge < -0.3 is 20.7 Å². The first-order chi connectivity index (χ1) is 8.17. The molecule has 7 heteroatoms. The molecule has 3 N–H and O–H groups in total. The number of carbonyl (C=O) groups excluding carboxylic acids is 4. The third kappa shape index (κ3) is 4.21. The lowest BCUT2D eigenvalue weighted by molar-refractivity contribution is -0.126. The molecule has 0 radical (unpaired) electrons. The van der Waals surface area contributed by atoms with Crippen LogP contribution in [-0.2, 0) is 19.2 Å². The molecule has 1 aliphatic rings. The second-order valence-electron chi connectivity index (χ2n) is 3.82. The van der Waals surface area contributed by atoms with Gasteiger partial charge in [-0.05, 0) is 12.8 Å². The summed E-state index contributed by atoms with van der Waals surface area (Å²) in [6.45, 7) is 0.431. The first-order valence-electron chi connectivity index (χ1n) is 5.36. The van der Waals surface area contributed by atoms with E-state index in [9.17, 15) is 19.2 Å². The van der Waals surface area contributed by atoms with Gasteiger partial charge in [-0.15, -0.1) is 0 Å². The second kappa shape index (κ2) is 6.62. The average molecular weight is 241 g/mol. The Bertz CT molecular complexity index is 319. The van der Waals surface area contributed by atoms with E-state index in [-0.39, 0.29) is 18.4 Å². The zero-order valence-corrected chi connectivity index (χ0v) is 9.27.